The van der Waals surface area contributed by atoms with Crippen molar-refractivity contribution < 1.29 is 27.5 Å². The first-order valence-electron chi connectivity index (χ1n) is 9.39. The number of piperazine rings is 1. The molecule has 0 radical (unpaired) electrons. The van der Waals surface area contributed by atoms with Gasteiger partial charge in [0.05, 0.1) is 12.8 Å². The minimum Gasteiger partial charge on any atom is -0.497 e. The van der Waals surface area contributed by atoms with Gasteiger partial charge in [0, 0.05) is 47.8 Å². The molecule has 3 aromatic rings. The summed E-state index contributed by atoms with van der Waals surface area (Å²) in [6.07, 6.45) is -3.71. The number of alkyl halides is 3. The molecule has 1 saturated heterocycles. The lowest BCUT2D eigenvalue weighted by Crippen LogP contribution is -2.43. The van der Waals surface area contributed by atoms with Crippen molar-refractivity contribution in [2.75, 3.05) is 38.2 Å². The average Bonchev–Trinajstić information content (AvgIpc) is 3.07. The number of hydrogen-bond donors (Lipinski definition) is 1. The fraction of sp³-hybridized carbons (Fsp3) is 0.300. The molecule has 0 amide bonds. The number of ether oxygens (including phenoxy) is 1. The van der Waals surface area contributed by atoms with Crippen molar-refractivity contribution in [1.82, 2.24) is 15.0 Å². The molecule has 3 heterocycles. The summed E-state index contributed by atoms with van der Waals surface area (Å²) in [6.45, 7) is 2.67. The highest BCUT2D eigenvalue weighted by molar-refractivity contribution is 9.10. The first-order chi connectivity index (χ1) is 14.8. The Hall–Kier alpha value is -2.79. The van der Waals surface area contributed by atoms with E-state index in [-0.39, 0.29) is 5.65 Å². The average molecular weight is 499 g/mol. The highest BCUT2D eigenvalue weighted by Gasteiger charge is 2.43. The molecule has 0 atom stereocenters. The number of nitrogens with one attached hydrogen (secondary N) is 1. The van der Waals surface area contributed by atoms with Gasteiger partial charge in [0.25, 0.3) is 0 Å². The van der Waals surface area contributed by atoms with Crippen LogP contribution in [0.2, 0.25) is 0 Å². The van der Waals surface area contributed by atoms with Crippen molar-refractivity contribution in [2.24, 2.45) is 0 Å². The molecule has 11 heteroatoms. The first-order valence-corrected chi connectivity index (χ1v) is 10.2. The molecule has 0 aliphatic carbocycles. The van der Waals surface area contributed by atoms with Crippen LogP contribution in [0.5, 0.6) is 5.75 Å². The number of rotatable bonds is 4. The number of halogens is 4. The molecule has 0 saturated carbocycles. The van der Waals surface area contributed by atoms with E-state index in [1.54, 1.807) is 30.3 Å². The Balaban J connectivity index is 1.99. The Labute approximate surface area is 183 Å². The van der Waals surface area contributed by atoms with Crippen LogP contribution in [0.25, 0.3) is 22.3 Å². The molecule has 31 heavy (non-hydrogen) atoms. The fourth-order valence-electron chi connectivity index (χ4n) is 3.53. The van der Waals surface area contributed by atoms with Gasteiger partial charge in [-0.2, -0.15) is 17.9 Å². The zero-order valence-corrected chi connectivity index (χ0v) is 18.0. The SMILES string of the molecule is COc1ccc(-c2c(N3CCNCC3)c3cc(Br)cnc3n2OC(=O)C(F)(F)F)cc1. The molecule has 0 bridgehead atoms. The Morgan fingerprint density at radius 1 is 1.19 bits per heavy atom. The second-order valence-electron chi connectivity index (χ2n) is 6.86. The smallest absolute Gasteiger partial charge is 0.493 e. The maximum atomic E-state index is 13.0. The fourth-order valence-corrected chi connectivity index (χ4v) is 3.86. The zero-order valence-electron chi connectivity index (χ0n) is 16.4. The van der Waals surface area contributed by atoms with E-state index in [1.807, 2.05) is 4.90 Å². The van der Waals surface area contributed by atoms with Gasteiger partial charge in [-0.1, -0.05) is 0 Å². The predicted molar refractivity (Wildman–Crippen MR) is 112 cm³/mol. The summed E-state index contributed by atoms with van der Waals surface area (Å²) in [5, 5.41) is 3.82. The van der Waals surface area contributed by atoms with Crippen molar-refractivity contribution in [3.05, 3.63) is 41.0 Å². The van der Waals surface area contributed by atoms with Gasteiger partial charge in [0.2, 0.25) is 0 Å². The van der Waals surface area contributed by atoms with Gasteiger partial charge in [-0.3, -0.25) is 0 Å². The summed E-state index contributed by atoms with van der Waals surface area (Å²) in [4.78, 5) is 22.9. The molecule has 1 aromatic carbocycles. The van der Waals surface area contributed by atoms with Crippen LogP contribution >= 0.6 is 15.9 Å². The van der Waals surface area contributed by atoms with E-state index in [0.717, 1.165) is 4.73 Å². The summed E-state index contributed by atoms with van der Waals surface area (Å²) in [7, 11) is 1.52. The Morgan fingerprint density at radius 3 is 2.48 bits per heavy atom. The number of benzene rings is 1. The molecular weight excluding hydrogens is 481 g/mol. The van der Waals surface area contributed by atoms with Crippen LogP contribution in [0.3, 0.4) is 0 Å². The third-order valence-electron chi connectivity index (χ3n) is 4.91. The van der Waals surface area contributed by atoms with E-state index in [9.17, 15) is 18.0 Å². The largest absolute Gasteiger partial charge is 0.497 e. The van der Waals surface area contributed by atoms with Crippen LogP contribution in [-0.2, 0) is 4.79 Å². The Bertz CT molecular complexity index is 1110. The molecular formula is C20H18BrF3N4O3. The molecule has 7 nitrogen and oxygen atoms in total. The third kappa shape index (κ3) is 4.19. The van der Waals surface area contributed by atoms with E-state index in [2.05, 4.69) is 26.2 Å². The lowest BCUT2D eigenvalue weighted by Gasteiger charge is -2.30. The first kappa shape index (κ1) is 21.4. The van der Waals surface area contributed by atoms with Gasteiger partial charge in [0.15, 0.2) is 5.65 Å². The highest BCUT2D eigenvalue weighted by atomic mass is 79.9. The topological polar surface area (TPSA) is 68.6 Å². The van der Waals surface area contributed by atoms with Crippen LogP contribution in [0, 0.1) is 0 Å². The monoisotopic (exact) mass is 498 g/mol. The molecule has 1 aliphatic rings. The molecule has 1 aliphatic heterocycles. The molecule has 1 N–H and O–H groups in total. The minimum atomic E-state index is -5.15. The lowest BCUT2D eigenvalue weighted by atomic mass is 10.1. The lowest BCUT2D eigenvalue weighted by molar-refractivity contribution is -0.199. The number of fused-ring (bicyclic) bond motifs is 1. The standard InChI is InChI=1S/C20H18BrF3N4O3/c1-30-14-4-2-12(3-5-14)16-17(27-8-6-25-7-9-27)15-10-13(21)11-26-18(15)28(16)31-19(29)20(22,23)24/h2-5,10-11,25H,6-9H2,1H3. The quantitative estimate of drug-likeness (QED) is 0.594. The van der Waals surface area contributed by atoms with Gasteiger partial charge < -0.3 is 19.8 Å². The van der Waals surface area contributed by atoms with Crippen LogP contribution in [0.4, 0.5) is 18.9 Å². The second-order valence-corrected chi connectivity index (χ2v) is 7.77. The third-order valence-corrected chi connectivity index (χ3v) is 5.34. The van der Waals surface area contributed by atoms with Crippen molar-refractivity contribution in [1.29, 1.82) is 0 Å². The maximum absolute atomic E-state index is 13.0. The van der Waals surface area contributed by atoms with Crippen LogP contribution in [0.15, 0.2) is 41.0 Å². The summed E-state index contributed by atoms with van der Waals surface area (Å²) < 4.78 is 45.8. The maximum Gasteiger partial charge on any atom is 0.493 e. The highest BCUT2D eigenvalue weighted by Crippen LogP contribution is 2.41. The number of methoxy groups -OCH3 is 1. The van der Waals surface area contributed by atoms with Crippen LogP contribution in [0.1, 0.15) is 0 Å². The van der Waals surface area contributed by atoms with Gasteiger partial charge in [0.1, 0.15) is 11.4 Å². The van der Waals surface area contributed by atoms with Crippen molar-refractivity contribution in [3.8, 4) is 17.0 Å². The number of carbonyl (C=O) groups excluding carboxylic acids is 1. The zero-order chi connectivity index (χ0) is 22.2. The van der Waals surface area contributed by atoms with Crippen LogP contribution in [-0.4, -0.2) is 55.1 Å². The number of carbonyl (C=O) groups is 1. The summed E-state index contributed by atoms with van der Waals surface area (Å²) in [5.41, 5.74) is 1.62. The molecule has 1 fully saturated rings. The molecule has 0 spiro atoms. The van der Waals surface area contributed by atoms with Crippen molar-refractivity contribution in [2.45, 2.75) is 6.18 Å². The second kappa shape index (κ2) is 8.39. The number of hydrogen-bond acceptors (Lipinski definition) is 6. The molecule has 0 unspecified atom stereocenters. The van der Waals surface area contributed by atoms with E-state index in [0.29, 0.717) is 58.7 Å². The molecule has 2 aromatic heterocycles. The number of nitrogens with zero attached hydrogens (tertiary/aromatic N) is 3. The van der Waals surface area contributed by atoms with E-state index in [4.69, 9.17) is 9.57 Å². The van der Waals surface area contributed by atoms with Gasteiger partial charge in [-0.25, -0.2) is 9.78 Å². The van der Waals surface area contributed by atoms with Crippen molar-refractivity contribution >= 4 is 38.6 Å². The van der Waals surface area contributed by atoms with Gasteiger partial charge in [-0.15, -0.1) is 0 Å². The number of aromatic nitrogens is 2. The van der Waals surface area contributed by atoms with E-state index < -0.39 is 12.1 Å². The molecule has 4 rings (SSSR count). The Morgan fingerprint density at radius 2 is 1.87 bits per heavy atom. The van der Waals surface area contributed by atoms with E-state index in [1.165, 1.54) is 13.3 Å². The number of pyridine rings is 1. The molecule has 164 valence electrons. The van der Waals surface area contributed by atoms with Gasteiger partial charge in [-0.05, 0) is 46.3 Å². The van der Waals surface area contributed by atoms with Gasteiger partial charge >= 0.3 is 12.1 Å². The number of anilines is 1. The normalized spacial score (nSPS) is 14.7. The minimum absolute atomic E-state index is 0.111. The summed E-state index contributed by atoms with van der Waals surface area (Å²) >= 11 is 3.38. The van der Waals surface area contributed by atoms with Crippen LogP contribution < -0.4 is 19.8 Å². The van der Waals surface area contributed by atoms with E-state index >= 15 is 0 Å². The van der Waals surface area contributed by atoms with Crippen molar-refractivity contribution in [3.63, 3.8) is 0 Å². The summed E-state index contributed by atoms with van der Waals surface area (Å²) in [6, 6.07) is 8.53. The predicted octanol–water partition coefficient (Wildman–Crippen LogP) is 3.40. The summed E-state index contributed by atoms with van der Waals surface area (Å²) in [5.74, 6) is -1.74. The Kier molecular flexibility index (Phi) is 5.80.